The van der Waals surface area contributed by atoms with Gasteiger partial charge in [0.25, 0.3) is 0 Å². The van der Waals surface area contributed by atoms with Gasteiger partial charge in [0, 0.05) is 0 Å². The first kappa shape index (κ1) is 13.2. The van der Waals surface area contributed by atoms with E-state index in [1.807, 2.05) is 13.8 Å². The molecule has 16 heavy (non-hydrogen) atoms. The molecule has 1 aromatic rings. The fourth-order valence-corrected chi connectivity index (χ4v) is 2.39. The Balaban J connectivity index is 3.33. The van der Waals surface area contributed by atoms with Crippen LogP contribution in [0.15, 0.2) is 23.1 Å². The SMILES string of the molecule is CNS(=O)(=O)c1ccc(C(C)C)cc1CO. The van der Waals surface area contributed by atoms with Crippen molar-refractivity contribution >= 4 is 10.0 Å². The molecule has 0 unspecified atom stereocenters. The molecule has 4 nitrogen and oxygen atoms in total. The van der Waals surface area contributed by atoms with Gasteiger partial charge in [0.2, 0.25) is 10.0 Å². The largest absolute Gasteiger partial charge is 0.392 e. The first-order chi connectivity index (χ1) is 7.42. The van der Waals surface area contributed by atoms with Crippen LogP contribution in [-0.2, 0) is 16.6 Å². The second-order valence-corrected chi connectivity index (χ2v) is 5.74. The Morgan fingerprint density at radius 2 is 2.00 bits per heavy atom. The fourth-order valence-electron chi connectivity index (χ4n) is 1.45. The summed E-state index contributed by atoms with van der Waals surface area (Å²) in [7, 11) is -2.14. The number of nitrogens with one attached hydrogen (secondary N) is 1. The molecule has 0 bridgehead atoms. The molecule has 0 fully saturated rings. The van der Waals surface area contributed by atoms with Crippen molar-refractivity contribution in [3.05, 3.63) is 29.3 Å². The second kappa shape index (κ2) is 4.95. The Hall–Kier alpha value is -0.910. The van der Waals surface area contributed by atoms with Crippen LogP contribution in [0.1, 0.15) is 30.9 Å². The summed E-state index contributed by atoms with van der Waals surface area (Å²) in [6.45, 7) is 3.75. The topological polar surface area (TPSA) is 66.4 Å². The average Bonchev–Trinajstić information content (AvgIpc) is 2.28. The smallest absolute Gasteiger partial charge is 0.240 e. The number of hydrogen-bond acceptors (Lipinski definition) is 3. The monoisotopic (exact) mass is 243 g/mol. The molecule has 0 saturated carbocycles. The van der Waals surface area contributed by atoms with E-state index in [0.717, 1.165) is 5.56 Å². The normalized spacial score (nSPS) is 12.1. The highest BCUT2D eigenvalue weighted by Crippen LogP contribution is 2.22. The minimum absolute atomic E-state index is 0.141. The van der Waals surface area contributed by atoms with Crippen LogP contribution >= 0.6 is 0 Å². The lowest BCUT2D eigenvalue weighted by molar-refractivity contribution is 0.278. The number of sulfonamides is 1. The first-order valence-corrected chi connectivity index (χ1v) is 6.58. The van der Waals surface area contributed by atoms with Crippen LogP contribution < -0.4 is 4.72 Å². The summed E-state index contributed by atoms with van der Waals surface area (Å²) >= 11 is 0. The lowest BCUT2D eigenvalue weighted by atomic mass is 10.0. The number of aliphatic hydroxyl groups is 1. The highest BCUT2D eigenvalue weighted by molar-refractivity contribution is 7.89. The zero-order valence-electron chi connectivity index (χ0n) is 9.69. The fraction of sp³-hybridized carbons (Fsp3) is 0.455. The van der Waals surface area contributed by atoms with E-state index in [9.17, 15) is 13.5 Å². The van der Waals surface area contributed by atoms with Gasteiger partial charge in [0.1, 0.15) is 0 Å². The molecule has 1 aromatic carbocycles. The van der Waals surface area contributed by atoms with Crippen molar-refractivity contribution in [1.29, 1.82) is 0 Å². The Morgan fingerprint density at radius 3 is 2.44 bits per heavy atom. The Morgan fingerprint density at radius 1 is 1.38 bits per heavy atom. The first-order valence-electron chi connectivity index (χ1n) is 5.09. The maximum absolute atomic E-state index is 11.6. The summed E-state index contributed by atoms with van der Waals surface area (Å²) in [5.74, 6) is 0.302. The third-order valence-electron chi connectivity index (χ3n) is 2.48. The van der Waals surface area contributed by atoms with Crippen LogP contribution in [0.2, 0.25) is 0 Å². The molecule has 90 valence electrons. The predicted octanol–water partition coefficient (Wildman–Crippen LogP) is 1.21. The molecule has 0 heterocycles. The van der Waals surface area contributed by atoms with Gasteiger partial charge in [-0.2, -0.15) is 0 Å². The maximum atomic E-state index is 11.6. The van der Waals surface area contributed by atoms with E-state index in [1.54, 1.807) is 12.1 Å². The van der Waals surface area contributed by atoms with Gasteiger partial charge in [-0.05, 0) is 30.2 Å². The van der Waals surface area contributed by atoms with Crippen molar-refractivity contribution in [2.24, 2.45) is 0 Å². The van der Waals surface area contributed by atoms with Crippen molar-refractivity contribution in [3.8, 4) is 0 Å². The summed E-state index contributed by atoms with van der Waals surface area (Å²) in [5.41, 5.74) is 1.44. The Kier molecular flexibility index (Phi) is 4.07. The average molecular weight is 243 g/mol. The standard InChI is InChI=1S/C11H17NO3S/c1-8(2)9-4-5-11(10(6-9)7-13)16(14,15)12-3/h4-6,8,12-13H,7H2,1-3H3. The summed E-state index contributed by atoms with van der Waals surface area (Å²) in [6, 6.07) is 5.04. The summed E-state index contributed by atoms with van der Waals surface area (Å²) in [6.07, 6.45) is 0. The molecule has 0 aromatic heterocycles. The lowest BCUT2D eigenvalue weighted by Crippen LogP contribution is -2.20. The molecule has 0 aliphatic heterocycles. The van der Waals surface area contributed by atoms with Crippen LogP contribution in [0.3, 0.4) is 0 Å². The molecular formula is C11H17NO3S. The van der Waals surface area contributed by atoms with E-state index >= 15 is 0 Å². The van der Waals surface area contributed by atoms with Gasteiger partial charge in [-0.15, -0.1) is 0 Å². The number of rotatable bonds is 4. The van der Waals surface area contributed by atoms with E-state index in [0.29, 0.717) is 11.5 Å². The van der Waals surface area contributed by atoms with E-state index in [4.69, 9.17) is 0 Å². The molecule has 0 radical (unpaired) electrons. The molecule has 1 rings (SSSR count). The van der Waals surface area contributed by atoms with Gasteiger partial charge in [0.05, 0.1) is 11.5 Å². The minimum atomic E-state index is -3.49. The molecular weight excluding hydrogens is 226 g/mol. The molecule has 0 spiro atoms. The highest BCUT2D eigenvalue weighted by Gasteiger charge is 2.16. The quantitative estimate of drug-likeness (QED) is 0.835. The van der Waals surface area contributed by atoms with Gasteiger partial charge < -0.3 is 5.11 Å². The molecule has 0 aliphatic carbocycles. The lowest BCUT2D eigenvalue weighted by Gasteiger charge is -2.11. The van der Waals surface area contributed by atoms with Crippen molar-refractivity contribution in [2.75, 3.05) is 7.05 Å². The molecule has 5 heteroatoms. The van der Waals surface area contributed by atoms with Crippen LogP contribution in [0.25, 0.3) is 0 Å². The van der Waals surface area contributed by atoms with Crippen molar-refractivity contribution in [3.63, 3.8) is 0 Å². The van der Waals surface area contributed by atoms with Crippen LogP contribution in [-0.4, -0.2) is 20.6 Å². The van der Waals surface area contributed by atoms with Gasteiger partial charge in [-0.1, -0.05) is 26.0 Å². The van der Waals surface area contributed by atoms with Gasteiger partial charge in [-0.25, -0.2) is 13.1 Å². The van der Waals surface area contributed by atoms with Crippen LogP contribution in [0.4, 0.5) is 0 Å². The highest BCUT2D eigenvalue weighted by atomic mass is 32.2. The van der Waals surface area contributed by atoms with Crippen LogP contribution in [0, 0.1) is 0 Å². The summed E-state index contributed by atoms with van der Waals surface area (Å²) in [5, 5.41) is 9.19. The number of benzene rings is 1. The Labute approximate surface area is 96.4 Å². The van der Waals surface area contributed by atoms with E-state index in [2.05, 4.69) is 4.72 Å². The maximum Gasteiger partial charge on any atom is 0.240 e. The summed E-state index contributed by atoms with van der Waals surface area (Å²) < 4.78 is 25.5. The third kappa shape index (κ3) is 2.61. The molecule has 0 saturated heterocycles. The number of aliphatic hydroxyl groups excluding tert-OH is 1. The second-order valence-electron chi connectivity index (χ2n) is 3.89. The van der Waals surface area contributed by atoms with Crippen molar-refractivity contribution in [2.45, 2.75) is 31.3 Å². The third-order valence-corrected chi connectivity index (χ3v) is 3.99. The van der Waals surface area contributed by atoms with Crippen molar-refractivity contribution in [1.82, 2.24) is 4.72 Å². The summed E-state index contributed by atoms with van der Waals surface area (Å²) in [4.78, 5) is 0.141. The van der Waals surface area contributed by atoms with Gasteiger partial charge in [0.15, 0.2) is 0 Å². The van der Waals surface area contributed by atoms with E-state index < -0.39 is 10.0 Å². The zero-order chi connectivity index (χ0) is 12.3. The van der Waals surface area contributed by atoms with E-state index in [-0.39, 0.29) is 11.5 Å². The van der Waals surface area contributed by atoms with Gasteiger partial charge >= 0.3 is 0 Å². The van der Waals surface area contributed by atoms with E-state index in [1.165, 1.54) is 13.1 Å². The molecule has 0 amide bonds. The Bertz CT molecular complexity index is 466. The predicted molar refractivity (Wildman–Crippen MR) is 62.7 cm³/mol. The zero-order valence-corrected chi connectivity index (χ0v) is 10.5. The van der Waals surface area contributed by atoms with Crippen LogP contribution in [0.5, 0.6) is 0 Å². The molecule has 2 N–H and O–H groups in total. The molecule has 0 aliphatic rings. The van der Waals surface area contributed by atoms with Gasteiger partial charge in [-0.3, -0.25) is 0 Å². The van der Waals surface area contributed by atoms with Crippen molar-refractivity contribution < 1.29 is 13.5 Å². The molecule has 0 atom stereocenters. The minimum Gasteiger partial charge on any atom is -0.392 e. The number of hydrogen-bond donors (Lipinski definition) is 2.